The number of amides is 1. The molecule has 0 radical (unpaired) electrons. The molecule has 1 amide bonds. The highest BCUT2D eigenvalue weighted by Gasteiger charge is 2.27. The van der Waals surface area contributed by atoms with Gasteiger partial charge in [0.15, 0.2) is 0 Å². The number of carbonyl (C=O) groups excluding carboxylic acids is 1. The molecule has 0 aliphatic carbocycles. The van der Waals surface area contributed by atoms with Gasteiger partial charge in [-0.2, -0.15) is 0 Å². The number of hydrogen-bond acceptors (Lipinski definition) is 2. The average Bonchev–Trinajstić information content (AvgIpc) is 2.26. The summed E-state index contributed by atoms with van der Waals surface area (Å²) in [5, 5.41) is 8.89. The molecule has 0 saturated carbocycles. The van der Waals surface area contributed by atoms with Gasteiger partial charge in [-0.1, -0.05) is 26.0 Å². The summed E-state index contributed by atoms with van der Waals surface area (Å²) in [5.74, 6) is -0.911. The van der Waals surface area contributed by atoms with E-state index >= 15 is 0 Å². The monoisotopic (exact) mass is 277 g/mol. The van der Waals surface area contributed by atoms with Crippen molar-refractivity contribution in [1.82, 2.24) is 0 Å². The van der Waals surface area contributed by atoms with Crippen molar-refractivity contribution in [2.45, 2.75) is 40.5 Å². The summed E-state index contributed by atoms with van der Waals surface area (Å²) in [4.78, 5) is 24.9. The molecule has 4 heteroatoms. The average molecular weight is 277 g/mol. The van der Waals surface area contributed by atoms with E-state index in [1.54, 1.807) is 4.90 Å². The number of aliphatic carboxylic acids is 1. The molecule has 1 rings (SSSR count). The van der Waals surface area contributed by atoms with Crippen LogP contribution in [0, 0.1) is 12.3 Å². The number of hydrogen-bond donors (Lipinski definition) is 1. The maximum Gasteiger partial charge on any atom is 0.303 e. The Hall–Kier alpha value is -1.84. The maximum atomic E-state index is 12.4. The van der Waals surface area contributed by atoms with Crippen LogP contribution in [0.3, 0.4) is 0 Å². The molecule has 0 spiro atoms. The Morgan fingerprint density at radius 2 is 1.90 bits per heavy atom. The Bertz CT molecular complexity index is 494. The third-order valence-electron chi connectivity index (χ3n) is 3.19. The van der Waals surface area contributed by atoms with Crippen molar-refractivity contribution in [3.8, 4) is 0 Å². The van der Waals surface area contributed by atoms with Crippen molar-refractivity contribution in [2.24, 2.45) is 5.41 Å². The van der Waals surface area contributed by atoms with Crippen molar-refractivity contribution in [2.75, 3.05) is 11.4 Å². The van der Waals surface area contributed by atoms with E-state index in [1.807, 2.05) is 52.0 Å². The topological polar surface area (TPSA) is 57.6 Å². The highest BCUT2D eigenvalue weighted by Crippen LogP contribution is 2.27. The molecule has 0 saturated heterocycles. The van der Waals surface area contributed by atoms with Gasteiger partial charge in [-0.25, -0.2) is 0 Å². The first-order chi connectivity index (χ1) is 9.25. The van der Waals surface area contributed by atoms with Crippen LogP contribution in [-0.4, -0.2) is 23.5 Å². The van der Waals surface area contributed by atoms with Crippen LogP contribution in [0.2, 0.25) is 0 Å². The molecule has 0 aromatic heterocycles. The fourth-order valence-corrected chi connectivity index (χ4v) is 2.28. The second kappa shape index (κ2) is 6.55. The lowest BCUT2D eigenvalue weighted by atomic mass is 9.85. The van der Waals surface area contributed by atoms with Crippen LogP contribution in [0.1, 0.15) is 39.2 Å². The number of aryl methyl sites for hydroxylation is 1. The normalized spacial score (nSPS) is 11.2. The van der Waals surface area contributed by atoms with Gasteiger partial charge in [-0.05, 0) is 37.0 Å². The minimum absolute atomic E-state index is 0.00981. The summed E-state index contributed by atoms with van der Waals surface area (Å²) in [6, 6.07) is 7.77. The number of carboxylic acids is 1. The number of benzene rings is 1. The highest BCUT2D eigenvalue weighted by molar-refractivity contribution is 5.94. The van der Waals surface area contributed by atoms with Crippen LogP contribution in [0.15, 0.2) is 24.3 Å². The number of anilines is 1. The zero-order valence-electron chi connectivity index (χ0n) is 12.6. The first-order valence-corrected chi connectivity index (χ1v) is 6.84. The quantitative estimate of drug-likeness (QED) is 0.868. The molecule has 1 N–H and O–H groups in total. The van der Waals surface area contributed by atoms with Gasteiger partial charge in [0.25, 0.3) is 0 Å². The van der Waals surface area contributed by atoms with Gasteiger partial charge in [0.1, 0.15) is 0 Å². The minimum atomic E-state index is -0.874. The molecule has 4 nitrogen and oxygen atoms in total. The second-order valence-corrected chi connectivity index (χ2v) is 5.89. The fraction of sp³-hybridized carbons (Fsp3) is 0.500. The molecule has 20 heavy (non-hydrogen) atoms. The fourth-order valence-electron chi connectivity index (χ4n) is 2.28. The number of carbonyl (C=O) groups is 2. The first kappa shape index (κ1) is 16.2. The van der Waals surface area contributed by atoms with Crippen LogP contribution in [-0.2, 0) is 9.59 Å². The largest absolute Gasteiger partial charge is 0.481 e. The molecule has 0 heterocycles. The van der Waals surface area contributed by atoms with Gasteiger partial charge >= 0.3 is 5.97 Å². The summed E-state index contributed by atoms with van der Waals surface area (Å²) in [5.41, 5.74) is 1.42. The zero-order chi connectivity index (χ0) is 15.3. The lowest BCUT2D eigenvalue weighted by Crippen LogP contribution is -2.34. The van der Waals surface area contributed by atoms with Gasteiger partial charge in [0, 0.05) is 18.7 Å². The standard InChI is InChI=1S/C16H23NO3/c1-5-17(13-8-6-7-12(2)9-13)14(18)10-16(3,4)11-15(19)20/h6-9H,5,10-11H2,1-4H3,(H,19,20). The summed E-state index contributed by atoms with van der Waals surface area (Å²) >= 11 is 0. The molecule has 0 fully saturated rings. The third-order valence-corrected chi connectivity index (χ3v) is 3.19. The number of rotatable bonds is 6. The predicted octanol–water partition coefficient (Wildman–Crippen LogP) is 3.24. The molecule has 1 aromatic rings. The second-order valence-electron chi connectivity index (χ2n) is 5.89. The van der Waals surface area contributed by atoms with E-state index < -0.39 is 11.4 Å². The van der Waals surface area contributed by atoms with E-state index in [0.717, 1.165) is 11.3 Å². The van der Waals surface area contributed by atoms with Gasteiger partial charge in [0.2, 0.25) is 5.91 Å². The summed E-state index contributed by atoms with van der Waals surface area (Å²) in [7, 11) is 0. The molecular formula is C16H23NO3. The Morgan fingerprint density at radius 1 is 1.25 bits per heavy atom. The van der Waals surface area contributed by atoms with Crippen LogP contribution >= 0.6 is 0 Å². The van der Waals surface area contributed by atoms with Crippen molar-refractivity contribution < 1.29 is 14.7 Å². The predicted molar refractivity (Wildman–Crippen MR) is 79.9 cm³/mol. The first-order valence-electron chi connectivity index (χ1n) is 6.84. The molecule has 0 unspecified atom stereocenters. The third kappa shape index (κ3) is 4.68. The minimum Gasteiger partial charge on any atom is -0.481 e. The Morgan fingerprint density at radius 3 is 2.40 bits per heavy atom. The highest BCUT2D eigenvalue weighted by atomic mass is 16.4. The maximum absolute atomic E-state index is 12.4. The van der Waals surface area contributed by atoms with Crippen molar-refractivity contribution in [1.29, 1.82) is 0 Å². The van der Waals surface area contributed by atoms with Crippen LogP contribution in [0.25, 0.3) is 0 Å². The van der Waals surface area contributed by atoms with E-state index in [-0.39, 0.29) is 18.7 Å². The molecule has 110 valence electrons. The van der Waals surface area contributed by atoms with Gasteiger partial charge in [-0.3, -0.25) is 9.59 Å². The lowest BCUT2D eigenvalue weighted by molar-refractivity contribution is -0.139. The van der Waals surface area contributed by atoms with Crippen molar-refractivity contribution in [3.63, 3.8) is 0 Å². The Balaban J connectivity index is 2.85. The van der Waals surface area contributed by atoms with E-state index in [1.165, 1.54) is 0 Å². The SMILES string of the molecule is CCN(C(=O)CC(C)(C)CC(=O)O)c1cccc(C)c1. The molecule has 0 aliphatic heterocycles. The van der Waals surface area contributed by atoms with Crippen molar-refractivity contribution in [3.05, 3.63) is 29.8 Å². The molecular weight excluding hydrogens is 254 g/mol. The van der Waals surface area contributed by atoms with Gasteiger partial charge < -0.3 is 10.0 Å². The Kier molecular flexibility index (Phi) is 5.31. The van der Waals surface area contributed by atoms with E-state index in [4.69, 9.17) is 5.11 Å². The lowest BCUT2D eigenvalue weighted by Gasteiger charge is -2.27. The molecule has 0 bridgehead atoms. The van der Waals surface area contributed by atoms with Gasteiger partial charge in [-0.15, -0.1) is 0 Å². The Labute approximate surface area is 120 Å². The number of carboxylic acid groups (broad SMARTS) is 1. The smallest absolute Gasteiger partial charge is 0.303 e. The summed E-state index contributed by atoms with van der Waals surface area (Å²) < 4.78 is 0. The molecule has 0 aliphatic rings. The summed E-state index contributed by atoms with van der Waals surface area (Å²) in [6.45, 7) is 8.10. The van der Waals surface area contributed by atoms with E-state index in [2.05, 4.69) is 0 Å². The van der Waals surface area contributed by atoms with Crippen LogP contribution < -0.4 is 4.90 Å². The van der Waals surface area contributed by atoms with Crippen LogP contribution in [0.5, 0.6) is 0 Å². The van der Waals surface area contributed by atoms with E-state index in [0.29, 0.717) is 6.54 Å². The van der Waals surface area contributed by atoms with Crippen molar-refractivity contribution >= 4 is 17.6 Å². The zero-order valence-corrected chi connectivity index (χ0v) is 12.6. The van der Waals surface area contributed by atoms with E-state index in [9.17, 15) is 9.59 Å². The number of nitrogens with zero attached hydrogens (tertiary/aromatic N) is 1. The molecule has 1 aromatic carbocycles. The van der Waals surface area contributed by atoms with Crippen LogP contribution in [0.4, 0.5) is 5.69 Å². The summed E-state index contributed by atoms with van der Waals surface area (Å²) in [6.07, 6.45) is 0.213. The molecule has 0 atom stereocenters. The van der Waals surface area contributed by atoms with Gasteiger partial charge in [0.05, 0.1) is 6.42 Å².